The predicted octanol–water partition coefficient (Wildman–Crippen LogP) is -0.417. The number of aliphatic hydroxyl groups is 2. The zero-order valence-electron chi connectivity index (χ0n) is 27.7. The number of aromatic amines is 2. The largest absolute Gasteiger partial charge is 0.523 e. The maximum absolute atomic E-state index is 13.1. The van der Waals surface area contributed by atoms with Gasteiger partial charge in [0.15, 0.2) is 47.0 Å². The van der Waals surface area contributed by atoms with Gasteiger partial charge in [0, 0.05) is 13.8 Å². The Labute approximate surface area is 294 Å². The molecule has 2 unspecified atom stereocenters. The van der Waals surface area contributed by atoms with E-state index in [4.69, 9.17) is 29.8 Å². The molecule has 21 nitrogen and oxygen atoms in total. The van der Waals surface area contributed by atoms with Crippen LogP contribution >= 0.6 is 0 Å². The number of aromatic nitrogens is 8. The van der Waals surface area contributed by atoms with Crippen molar-refractivity contribution in [1.29, 1.82) is 0 Å². The van der Waals surface area contributed by atoms with Gasteiger partial charge in [0.25, 0.3) is 11.1 Å². The highest BCUT2D eigenvalue weighted by Gasteiger charge is 2.54. The van der Waals surface area contributed by atoms with E-state index in [1.807, 2.05) is 0 Å². The third-order valence-corrected chi connectivity index (χ3v) is 7.62. The van der Waals surface area contributed by atoms with Gasteiger partial charge in [-0.25, -0.2) is 15.0 Å². The Morgan fingerprint density at radius 2 is 1.37 bits per heavy atom. The van der Waals surface area contributed by atoms with E-state index in [1.165, 1.54) is 6.92 Å². The smallest absolute Gasteiger partial charge is 0.463 e. The Kier molecular flexibility index (Phi) is 11.3. The maximum atomic E-state index is 13.1. The Bertz CT molecular complexity index is 2120. The second-order valence-electron chi connectivity index (χ2n) is 11.5. The molecule has 0 saturated carbocycles. The first-order valence-corrected chi connectivity index (χ1v) is 15.2. The molecule has 4 aromatic heterocycles. The van der Waals surface area contributed by atoms with Crippen molar-refractivity contribution in [3.8, 4) is 0 Å². The molecule has 6 rings (SSSR count). The Morgan fingerprint density at radius 3 is 1.91 bits per heavy atom. The second-order valence-corrected chi connectivity index (χ2v) is 11.5. The number of nitrogen functional groups attached to an aromatic ring is 1. The van der Waals surface area contributed by atoms with Crippen LogP contribution in [0.4, 0.5) is 32.3 Å². The van der Waals surface area contributed by atoms with Crippen LogP contribution in [0.25, 0.3) is 22.3 Å². The summed E-state index contributed by atoms with van der Waals surface area (Å²) in [6, 6.07) is 0. The summed E-state index contributed by atoms with van der Waals surface area (Å²) < 4.78 is 108. The van der Waals surface area contributed by atoms with E-state index in [2.05, 4.69) is 39.4 Å². The minimum absolute atomic E-state index is 0.0632. The van der Waals surface area contributed by atoms with E-state index in [0.29, 0.717) is 0 Å². The van der Waals surface area contributed by atoms with Crippen LogP contribution in [0.15, 0.2) is 22.2 Å². The Balaban J connectivity index is 0.000000213. The van der Waals surface area contributed by atoms with Crippen molar-refractivity contribution < 1.29 is 74.6 Å². The summed E-state index contributed by atoms with van der Waals surface area (Å²) in [7, 11) is 0. The number of nitrogens with one attached hydrogen (secondary N) is 2. The summed E-state index contributed by atoms with van der Waals surface area (Å²) >= 11 is 0. The minimum atomic E-state index is -5.11. The van der Waals surface area contributed by atoms with Crippen molar-refractivity contribution in [2.45, 2.75) is 82.6 Å². The molecule has 2 saturated heterocycles. The number of rotatable bonds is 8. The number of esters is 2. The minimum Gasteiger partial charge on any atom is -0.463 e. The normalized spacial score (nSPS) is 25.8. The molecule has 4 aromatic rings. The first-order valence-electron chi connectivity index (χ1n) is 15.2. The van der Waals surface area contributed by atoms with Gasteiger partial charge in [-0.3, -0.25) is 42.8 Å². The molecule has 296 valence electrons. The molecule has 0 radical (unpaired) electrons. The number of nitrogens with zero attached hydrogens (tertiary/aromatic N) is 6. The molecule has 0 aromatic carbocycles. The van der Waals surface area contributed by atoms with Crippen molar-refractivity contribution in [1.82, 2.24) is 39.0 Å². The third kappa shape index (κ3) is 8.76. The first-order chi connectivity index (χ1) is 25.2. The van der Waals surface area contributed by atoms with Gasteiger partial charge in [0.05, 0.1) is 19.3 Å². The number of aliphatic hydroxyl groups excluding tert-OH is 2. The summed E-state index contributed by atoms with van der Waals surface area (Å²) in [6.07, 6.45) is -20.9. The quantitative estimate of drug-likeness (QED) is 0.112. The molecule has 8 atom stereocenters. The third-order valence-electron chi connectivity index (χ3n) is 7.62. The SMILES string of the molecule is CC(=O)OC[C@H]1O[C@@H](n2cnc3c(=O)[nH]c(C)nc32)C(OC(F)(F)F)[C@H]1OC(C)=O.Nc1nc2c(ncn2[C@@H]2O[C@H](CO)[C@H](O)C2OC(F)(F)F)c(=O)[nH]1. The predicted molar refractivity (Wildman–Crippen MR) is 160 cm³/mol. The van der Waals surface area contributed by atoms with Crippen LogP contribution < -0.4 is 16.9 Å². The van der Waals surface area contributed by atoms with Gasteiger partial charge in [-0.1, -0.05) is 0 Å². The molecule has 0 spiro atoms. The maximum Gasteiger partial charge on any atom is 0.523 e. The number of hydrogen-bond acceptors (Lipinski definition) is 17. The molecule has 2 aliphatic heterocycles. The fraction of sp³-hybridized carbons (Fsp3) is 0.556. The van der Waals surface area contributed by atoms with E-state index in [1.54, 1.807) is 0 Å². The molecular formula is C27H29F6N9O12. The molecule has 2 aliphatic rings. The number of halogens is 6. The average molecular weight is 786 g/mol. The highest BCUT2D eigenvalue weighted by Crippen LogP contribution is 2.39. The molecule has 0 bridgehead atoms. The number of imidazole rings is 2. The summed E-state index contributed by atoms with van der Waals surface area (Å²) in [5, 5.41) is 19.0. The van der Waals surface area contributed by atoms with Crippen molar-refractivity contribution in [3.63, 3.8) is 0 Å². The summed E-state index contributed by atoms with van der Waals surface area (Å²) in [5.74, 6) is -1.70. The van der Waals surface area contributed by atoms with Crippen LogP contribution in [-0.4, -0.2) is 124 Å². The fourth-order valence-corrected chi connectivity index (χ4v) is 5.61. The van der Waals surface area contributed by atoms with Crippen LogP contribution in [0.1, 0.15) is 32.1 Å². The summed E-state index contributed by atoms with van der Waals surface area (Å²) in [6.45, 7) is 2.33. The monoisotopic (exact) mass is 785 g/mol. The summed E-state index contributed by atoms with van der Waals surface area (Å²) in [5.41, 5.74) is 3.60. The molecular weight excluding hydrogens is 756 g/mol. The van der Waals surface area contributed by atoms with Gasteiger partial charge in [-0.15, -0.1) is 26.3 Å². The molecule has 6 heterocycles. The van der Waals surface area contributed by atoms with Gasteiger partial charge in [0.1, 0.15) is 36.8 Å². The van der Waals surface area contributed by atoms with Gasteiger partial charge in [-0.2, -0.15) is 4.98 Å². The second kappa shape index (κ2) is 15.3. The Hall–Kier alpha value is -5.22. The first kappa shape index (κ1) is 40.0. The molecule has 27 heteroatoms. The number of H-pyrrole nitrogens is 2. The van der Waals surface area contributed by atoms with Crippen LogP contribution in [-0.2, 0) is 38.0 Å². The zero-order valence-corrected chi connectivity index (χ0v) is 27.7. The zero-order chi connectivity index (χ0) is 39.9. The van der Waals surface area contributed by atoms with Crippen LogP contribution in [0.3, 0.4) is 0 Å². The van der Waals surface area contributed by atoms with Crippen LogP contribution in [0, 0.1) is 6.92 Å². The topological polar surface area (TPSA) is 283 Å². The van der Waals surface area contributed by atoms with Crippen molar-refractivity contribution in [3.05, 3.63) is 39.2 Å². The van der Waals surface area contributed by atoms with Crippen molar-refractivity contribution in [2.24, 2.45) is 0 Å². The standard InChI is InChI=1S/C16H17F3N4O7.C11H12F3N5O5/c1-6-21-13-10(14(26)22-6)20-5-23(13)15-12(30-16(17,18)19)11(28-8(3)25)9(29-15)4-27-7(2)24;12-11(13,14)24-6-5(21)3(1-20)23-9(6)19-2-16-4-7(19)17-10(15)18-8(4)22/h5,9,11-12,15H,4H2,1-3H3,(H,21,22,26);2-3,5-6,9,20-21H,1H2,(H3,15,17,18,22)/t9-,11+,12?,15-;3-,5+,6?,9-/m11/s1. The highest BCUT2D eigenvalue weighted by atomic mass is 19.4. The van der Waals surface area contributed by atoms with Crippen molar-refractivity contribution >= 4 is 40.2 Å². The number of carbonyl (C=O) groups excluding carboxylic acids is 2. The van der Waals surface area contributed by atoms with Gasteiger partial charge in [-0.05, 0) is 6.92 Å². The van der Waals surface area contributed by atoms with E-state index in [-0.39, 0.29) is 34.1 Å². The summed E-state index contributed by atoms with van der Waals surface area (Å²) in [4.78, 5) is 66.5. The number of nitrogens with two attached hydrogens (primary N) is 1. The highest BCUT2D eigenvalue weighted by molar-refractivity contribution is 5.71. The lowest BCUT2D eigenvalue weighted by atomic mass is 10.1. The van der Waals surface area contributed by atoms with E-state index >= 15 is 0 Å². The van der Waals surface area contributed by atoms with E-state index in [0.717, 1.165) is 35.6 Å². The van der Waals surface area contributed by atoms with E-state index in [9.17, 15) is 50.6 Å². The molecule has 0 amide bonds. The van der Waals surface area contributed by atoms with E-state index < -0.39 is 98.1 Å². The molecule has 54 heavy (non-hydrogen) atoms. The molecule has 6 N–H and O–H groups in total. The van der Waals surface area contributed by atoms with Crippen LogP contribution in [0.5, 0.6) is 0 Å². The number of anilines is 1. The molecule has 0 aliphatic carbocycles. The lowest BCUT2D eigenvalue weighted by molar-refractivity contribution is -0.356. The van der Waals surface area contributed by atoms with Crippen molar-refractivity contribution in [2.75, 3.05) is 18.9 Å². The van der Waals surface area contributed by atoms with Gasteiger partial charge in [0.2, 0.25) is 5.95 Å². The number of hydrogen-bond donors (Lipinski definition) is 5. The number of fused-ring (bicyclic) bond motifs is 2. The number of carbonyl (C=O) groups is 2. The number of alkyl halides is 6. The number of aryl methyl sites for hydroxylation is 1. The Morgan fingerprint density at radius 1 is 0.852 bits per heavy atom. The van der Waals surface area contributed by atoms with Gasteiger partial charge >= 0.3 is 24.7 Å². The fourth-order valence-electron chi connectivity index (χ4n) is 5.61. The molecule has 2 fully saturated rings. The lowest BCUT2D eigenvalue weighted by Crippen LogP contribution is -2.42. The van der Waals surface area contributed by atoms with Gasteiger partial charge < -0.3 is 39.9 Å². The lowest BCUT2D eigenvalue weighted by Gasteiger charge is -2.25. The van der Waals surface area contributed by atoms with Crippen LogP contribution in [0.2, 0.25) is 0 Å². The average Bonchev–Trinajstić information content (AvgIpc) is 3.80. The number of ether oxygens (including phenoxy) is 6.